The van der Waals surface area contributed by atoms with Crippen molar-refractivity contribution in [2.24, 2.45) is 5.92 Å². The first kappa shape index (κ1) is 18.6. The predicted molar refractivity (Wildman–Crippen MR) is 84.6 cm³/mol. The molecule has 1 heterocycles. The lowest BCUT2D eigenvalue weighted by Crippen LogP contribution is -2.50. The molecule has 1 aromatic carbocycles. The third-order valence-corrected chi connectivity index (χ3v) is 4.01. The number of amides is 2. The Morgan fingerprint density at radius 2 is 2.00 bits per heavy atom. The van der Waals surface area contributed by atoms with E-state index in [2.05, 4.69) is 5.32 Å². The lowest BCUT2D eigenvalue weighted by atomic mass is 9.96. The number of carbonyl (C=O) groups is 1. The van der Waals surface area contributed by atoms with E-state index in [0.29, 0.717) is 6.42 Å². The summed E-state index contributed by atoms with van der Waals surface area (Å²) in [6.45, 7) is 2.78. The van der Waals surface area contributed by atoms with Gasteiger partial charge in [0.2, 0.25) is 0 Å². The van der Waals surface area contributed by atoms with Crippen LogP contribution in [-0.4, -0.2) is 49.2 Å². The van der Waals surface area contributed by atoms with Crippen molar-refractivity contribution in [3.63, 3.8) is 0 Å². The Labute approximate surface area is 140 Å². The molecule has 0 spiro atoms. The topological polar surface area (TPSA) is 41.6 Å². The van der Waals surface area contributed by atoms with Crippen molar-refractivity contribution in [1.82, 2.24) is 10.2 Å². The number of carbonyl (C=O) groups excluding carboxylic acids is 1. The number of urea groups is 1. The molecule has 0 saturated carbocycles. The highest BCUT2D eigenvalue weighted by Crippen LogP contribution is 2.19. The molecule has 1 fully saturated rings. The van der Waals surface area contributed by atoms with E-state index in [1.165, 1.54) is 12.1 Å². The van der Waals surface area contributed by atoms with Crippen molar-refractivity contribution in [2.45, 2.75) is 32.2 Å². The number of nitrogens with zero attached hydrogens (tertiary/aromatic N) is 1. The summed E-state index contributed by atoms with van der Waals surface area (Å²) in [6, 6.07) is 5.28. The van der Waals surface area contributed by atoms with Gasteiger partial charge in [-0.05, 0) is 30.0 Å². The van der Waals surface area contributed by atoms with Crippen LogP contribution >= 0.6 is 0 Å². The number of halogens is 3. The van der Waals surface area contributed by atoms with Gasteiger partial charge in [-0.3, -0.25) is 0 Å². The number of alkyl halides is 2. The van der Waals surface area contributed by atoms with Gasteiger partial charge >= 0.3 is 6.03 Å². The third kappa shape index (κ3) is 5.40. The van der Waals surface area contributed by atoms with Gasteiger partial charge in [-0.1, -0.05) is 26.0 Å². The molecule has 0 aromatic heterocycles. The Morgan fingerprint density at radius 3 is 2.62 bits per heavy atom. The Balaban J connectivity index is 2.01. The molecule has 1 aliphatic heterocycles. The Morgan fingerprint density at radius 1 is 1.33 bits per heavy atom. The standard InChI is InChI=1S/C17H23F3N2O2/c1-12(2)15(9-13-3-5-14(18)6-4-13)21-16(23)22-7-8-24-11-17(19,20)10-22/h3-6,12,15H,7-11H2,1-2H3,(H,21,23). The number of benzene rings is 1. The normalized spacial score (nSPS) is 19.0. The van der Waals surface area contributed by atoms with Crippen molar-refractivity contribution in [2.75, 3.05) is 26.3 Å². The van der Waals surface area contributed by atoms with E-state index in [-0.39, 0.29) is 30.9 Å². The number of nitrogens with one attached hydrogen (secondary N) is 1. The molecule has 134 valence electrons. The van der Waals surface area contributed by atoms with Crippen LogP contribution in [0.4, 0.5) is 18.0 Å². The summed E-state index contributed by atoms with van der Waals surface area (Å²) in [7, 11) is 0. The molecular formula is C17H23F3N2O2. The molecule has 24 heavy (non-hydrogen) atoms. The van der Waals surface area contributed by atoms with E-state index in [1.807, 2.05) is 13.8 Å². The van der Waals surface area contributed by atoms with E-state index in [9.17, 15) is 18.0 Å². The van der Waals surface area contributed by atoms with Gasteiger partial charge in [0, 0.05) is 12.6 Å². The van der Waals surface area contributed by atoms with Crippen molar-refractivity contribution >= 4 is 6.03 Å². The van der Waals surface area contributed by atoms with Crippen LogP contribution in [0.1, 0.15) is 19.4 Å². The summed E-state index contributed by atoms with van der Waals surface area (Å²) in [5, 5.41) is 2.82. The van der Waals surface area contributed by atoms with Gasteiger partial charge in [0.15, 0.2) is 0 Å². The van der Waals surface area contributed by atoms with E-state index in [1.54, 1.807) is 12.1 Å². The Hall–Kier alpha value is -1.76. The smallest absolute Gasteiger partial charge is 0.317 e. The molecule has 1 N–H and O–H groups in total. The highest BCUT2D eigenvalue weighted by molar-refractivity contribution is 5.74. The van der Waals surface area contributed by atoms with Crippen molar-refractivity contribution in [3.05, 3.63) is 35.6 Å². The fourth-order valence-electron chi connectivity index (χ4n) is 2.55. The molecule has 2 amide bonds. The van der Waals surface area contributed by atoms with Crippen LogP contribution in [0.2, 0.25) is 0 Å². The summed E-state index contributed by atoms with van der Waals surface area (Å²) in [4.78, 5) is 13.5. The molecule has 4 nitrogen and oxygen atoms in total. The molecule has 0 radical (unpaired) electrons. The molecule has 1 saturated heterocycles. The van der Waals surface area contributed by atoms with E-state index >= 15 is 0 Å². The lowest BCUT2D eigenvalue weighted by Gasteiger charge is -2.28. The summed E-state index contributed by atoms with van der Waals surface area (Å²) < 4.78 is 45.0. The van der Waals surface area contributed by atoms with Gasteiger partial charge < -0.3 is 15.0 Å². The fraction of sp³-hybridized carbons (Fsp3) is 0.588. The quantitative estimate of drug-likeness (QED) is 0.912. The van der Waals surface area contributed by atoms with Crippen LogP contribution in [-0.2, 0) is 11.2 Å². The van der Waals surface area contributed by atoms with Crippen LogP contribution in [0, 0.1) is 11.7 Å². The summed E-state index contributed by atoms with van der Waals surface area (Å²) in [6.07, 6.45) is 0.504. The fourth-order valence-corrected chi connectivity index (χ4v) is 2.55. The van der Waals surface area contributed by atoms with Crippen LogP contribution in [0.3, 0.4) is 0 Å². The van der Waals surface area contributed by atoms with Gasteiger partial charge in [-0.2, -0.15) is 0 Å². The lowest BCUT2D eigenvalue weighted by molar-refractivity contribution is -0.0652. The largest absolute Gasteiger partial charge is 0.373 e. The zero-order valence-electron chi connectivity index (χ0n) is 13.9. The highest BCUT2D eigenvalue weighted by Gasteiger charge is 2.36. The predicted octanol–water partition coefficient (Wildman–Crippen LogP) is 3.07. The van der Waals surface area contributed by atoms with Gasteiger partial charge in [0.25, 0.3) is 5.92 Å². The molecule has 7 heteroatoms. The Bertz CT molecular complexity index is 549. The summed E-state index contributed by atoms with van der Waals surface area (Å²) >= 11 is 0. The number of hydrogen-bond acceptors (Lipinski definition) is 2. The maximum absolute atomic E-state index is 13.6. The minimum Gasteiger partial charge on any atom is -0.373 e. The second kappa shape index (κ2) is 7.88. The van der Waals surface area contributed by atoms with Crippen molar-refractivity contribution < 1.29 is 22.7 Å². The van der Waals surface area contributed by atoms with E-state index in [0.717, 1.165) is 10.5 Å². The first-order valence-electron chi connectivity index (χ1n) is 8.02. The number of rotatable bonds is 4. The third-order valence-electron chi connectivity index (χ3n) is 4.01. The van der Waals surface area contributed by atoms with Crippen LogP contribution in [0.5, 0.6) is 0 Å². The molecule has 0 aliphatic carbocycles. The van der Waals surface area contributed by atoms with Crippen molar-refractivity contribution in [1.29, 1.82) is 0 Å². The first-order valence-corrected chi connectivity index (χ1v) is 8.02. The van der Waals surface area contributed by atoms with E-state index in [4.69, 9.17) is 4.74 Å². The Kier molecular flexibility index (Phi) is 6.10. The van der Waals surface area contributed by atoms with Crippen LogP contribution in [0.25, 0.3) is 0 Å². The summed E-state index contributed by atoms with van der Waals surface area (Å²) in [5.74, 6) is -3.27. The highest BCUT2D eigenvalue weighted by atomic mass is 19.3. The molecular weight excluding hydrogens is 321 g/mol. The molecule has 1 aromatic rings. The van der Waals surface area contributed by atoms with Crippen LogP contribution in [0.15, 0.2) is 24.3 Å². The maximum atomic E-state index is 13.6. The minimum atomic E-state index is -3.04. The van der Waals surface area contributed by atoms with Gasteiger partial charge in [-0.25, -0.2) is 18.0 Å². The SMILES string of the molecule is CC(C)C(Cc1ccc(F)cc1)NC(=O)N1CCOCC(F)(F)C1. The molecule has 1 aliphatic rings. The monoisotopic (exact) mass is 344 g/mol. The molecule has 1 unspecified atom stereocenters. The second-order valence-corrected chi connectivity index (χ2v) is 6.46. The molecule has 0 bridgehead atoms. The summed E-state index contributed by atoms with van der Waals surface area (Å²) in [5.41, 5.74) is 0.875. The molecule has 2 rings (SSSR count). The minimum absolute atomic E-state index is 0.0906. The van der Waals surface area contributed by atoms with E-state index < -0.39 is 25.1 Å². The van der Waals surface area contributed by atoms with Gasteiger partial charge in [0.1, 0.15) is 12.4 Å². The average molecular weight is 344 g/mol. The van der Waals surface area contributed by atoms with Gasteiger partial charge in [-0.15, -0.1) is 0 Å². The van der Waals surface area contributed by atoms with Gasteiger partial charge in [0.05, 0.1) is 13.2 Å². The maximum Gasteiger partial charge on any atom is 0.317 e. The average Bonchev–Trinajstić information content (AvgIpc) is 2.69. The zero-order valence-corrected chi connectivity index (χ0v) is 13.9. The van der Waals surface area contributed by atoms with Crippen LogP contribution < -0.4 is 5.32 Å². The zero-order chi connectivity index (χ0) is 17.7. The number of hydrogen-bond donors (Lipinski definition) is 1. The van der Waals surface area contributed by atoms with Crippen molar-refractivity contribution in [3.8, 4) is 0 Å². The molecule has 1 atom stereocenters. The first-order chi connectivity index (χ1) is 11.3. The number of ether oxygens (including phenoxy) is 1. The second-order valence-electron chi connectivity index (χ2n) is 6.46.